The second-order valence-corrected chi connectivity index (χ2v) is 10.9. The van der Waals surface area contributed by atoms with Gasteiger partial charge in [0.25, 0.3) is 0 Å². The Balaban J connectivity index is 1.10. The molecule has 2 aliphatic rings. The fraction of sp³-hybridized carbons (Fsp3) is 0.452. The molecule has 1 aliphatic carbocycles. The van der Waals surface area contributed by atoms with E-state index in [1.807, 2.05) is 30.5 Å². The number of benzene rings is 2. The Kier molecular flexibility index (Phi) is 8.25. The molecule has 0 amide bonds. The first-order chi connectivity index (χ1) is 17.6. The smallest absolute Gasteiger partial charge is 0.122 e. The highest BCUT2D eigenvalue weighted by molar-refractivity contribution is 6.30. The highest BCUT2D eigenvalue weighted by Crippen LogP contribution is 2.29. The average Bonchev–Trinajstić information content (AvgIpc) is 3.45. The van der Waals surface area contributed by atoms with Crippen LogP contribution in [0.2, 0.25) is 5.02 Å². The van der Waals surface area contributed by atoms with E-state index in [4.69, 9.17) is 21.3 Å². The molecule has 0 N–H and O–H groups in total. The van der Waals surface area contributed by atoms with Crippen LogP contribution in [0.5, 0.6) is 5.75 Å². The largest absolute Gasteiger partial charge is 0.492 e. The van der Waals surface area contributed by atoms with Crippen molar-refractivity contribution in [3.63, 3.8) is 0 Å². The summed E-state index contributed by atoms with van der Waals surface area (Å²) in [6.45, 7) is 6.21. The molecule has 2 aromatic carbocycles. The lowest BCUT2D eigenvalue weighted by molar-refractivity contribution is 0.0901. The van der Waals surface area contributed by atoms with Crippen LogP contribution in [0.15, 0.2) is 60.8 Å². The molecule has 36 heavy (non-hydrogen) atoms. The zero-order chi connectivity index (χ0) is 24.9. The van der Waals surface area contributed by atoms with Crippen LogP contribution in [0.4, 0.5) is 0 Å². The molecule has 0 bridgehead atoms. The topological polar surface area (TPSA) is 28.6 Å². The summed E-state index contributed by atoms with van der Waals surface area (Å²) in [7, 11) is 2.36. The van der Waals surface area contributed by atoms with Gasteiger partial charge in [-0.1, -0.05) is 42.6 Å². The summed E-state index contributed by atoms with van der Waals surface area (Å²) in [5.74, 6) is 0.965. The second-order valence-electron chi connectivity index (χ2n) is 10.4. The van der Waals surface area contributed by atoms with Crippen molar-refractivity contribution in [3.05, 3.63) is 71.4 Å². The van der Waals surface area contributed by atoms with Crippen molar-refractivity contribution in [1.29, 1.82) is 0 Å². The van der Waals surface area contributed by atoms with Gasteiger partial charge in [0.1, 0.15) is 12.4 Å². The molecule has 2 fully saturated rings. The highest BCUT2D eigenvalue weighted by atomic mass is 35.5. The Morgan fingerprint density at radius 2 is 1.56 bits per heavy atom. The number of hydrogen-bond donors (Lipinski definition) is 0. The average molecular weight is 504 g/mol. The molecule has 5 heteroatoms. The molecule has 1 aliphatic heterocycles. The maximum Gasteiger partial charge on any atom is 0.122 e. The van der Waals surface area contributed by atoms with E-state index in [-0.39, 0.29) is 0 Å². The number of aryl methyl sites for hydroxylation is 1. The Hall–Kier alpha value is -2.40. The number of aromatic nitrogens is 1. The number of rotatable bonds is 8. The Bertz CT molecular complexity index is 1120. The number of pyridine rings is 1. The van der Waals surface area contributed by atoms with E-state index in [0.29, 0.717) is 0 Å². The first-order valence-corrected chi connectivity index (χ1v) is 13.8. The lowest BCUT2D eigenvalue weighted by Crippen LogP contribution is -2.47. The molecular formula is C31H38ClN3O. The van der Waals surface area contributed by atoms with Crippen molar-refractivity contribution in [2.75, 3.05) is 33.3 Å². The van der Waals surface area contributed by atoms with E-state index < -0.39 is 0 Å². The van der Waals surface area contributed by atoms with Crippen molar-refractivity contribution >= 4 is 11.6 Å². The van der Waals surface area contributed by atoms with E-state index in [1.54, 1.807) is 0 Å². The number of nitrogens with zero attached hydrogens (tertiary/aromatic N) is 3. The Morgan fingerprint density at radius 3 is 2.22 bits per heavy atom. The monoisotopic (exact) mass is 503 g/mol. The lowest BCUT2D eigenvalue weighted by atomic mass is 10.0. The molecule has 0 atom stereocenters. The van der Waals surface area contributed by atoms with E-state index >= 15 is 0 Å². The third-order valence-electron chi connectivity index (χ3n) is 8.11. The van der Waals surface area contributed by atoms with Crippen LogP contribution in [0.25, 0.3) is 22.4 Å². The van der Waals surface area contributed by atoms with E-state index in [9.17, 15) is 0 Å². The summed E-state index contributed by atoms with van der Waals surface area (Å²) in [5.41, 5.74) is 5.42. The van der Waals surface area contributed by atoms with Gasteiger partial charge in [-0.2, -0.15) is 0 Å². The van der Waals surface area contributed by atoms with Crippen LogP contribution in [-0.4, -0.2) is 60.2 Å². The molecular weight excluding hydrogens is 466 g/mol. The lowest BCUT2D eigenvalue weighted by Gasteiger charge is -2.39. The minimum atomic E-state index is 0.733. The molecule has 0 unspecified atom stereocenters. The van der Waals surface area contributed by atoms with E-state index in [2.05, 4.69) is 54.1 Å². The first-order valence-electron chi connectivity index (χ1n) is 13.5. The van der Waals surface area contributed by atoms with Crippen molar-refractivity contribution in [2.24, 2.45) is 0 Å². The molecule has 190 valence electrons. The molecule has 3 aromatic rings. The van der Waals surface area contributed by atoms with Gasteiger partial charge in [-0.3, -0.25) is 9.88 Å². The molecule has 5 rings (SSSR count). The first kappa shape index (κ1) is 25.3. The minimum Gasteiger partial charge on any atom is -0.492 e. The maximum absolute atomic E-state index is 6.19. The van der Waals surface area contributed by atoms with Gasteiger partial charge in [0, 0.05) is 41.0 Å². The summed E-state index contributed by atoms with van der Waals surface area (Å²) in [5, 5.41) is 0.744. The number of likely N-dealkylation sites (tertiary alicyclic amines) is 1. The summed E-state index contributed by atoms with van der Waals surface area (Å²) in [6.07, 6.45) is 10.1. The van der Waals surface area contributed by atoms with Crippen LogP contribution in [0.3, 0.4) is 0 Å². The Labute approximate surface area is 221 Å². The van der Waals surface area contributed by atoms with Gasteiger partial charge in [-0.15, -0.1) is 0 Å². The Morgan fingerprint density at radius 1 is 0.889 bits per heavy atom. The zero-order valence-corrected chi connectivity index (χ0v) is 22.4. The normalized spacial score (nSPS) is 17.7. The van der Waals surface area contributed by atoms with E-state index in [1.165, 1.54) is 51.6 Å². The van der Waals surface area contributed by atoms with Crippen molar-refractivity contribution in [2.45, 2.75) is 57.5 Å². The van der Waals surface area contributed by atoms with Crippen LogP contribution in [-0.2, 0) is 0 Å². The van der Waals surface area contributed by atoms with Gasteiger partial charge in [0.2, 0.25) is 0 Å². The molecule has 2 heterocycles. The van der Waals surface area contributed by atoms with Crippen LogP contribution in [0.1, 0.15) is 44.1 Å². The predicted octanol–water partition coefficient (Wildman–Crippen LogP) is 7.10. The summed E-state index contributed by atoms with van der Waals surface area (Å²) < 4.78 is 6.19. The summed E-state index contributed by atoms with van der Waals surface area (Å²) in [6, 6.07) is 20.0. The number of hydrogen-bond acceptors (Lipinski definition) is 4. The second kappa shape index (κ2) is 11.8. The molecule has 4 nitrogen and oxygen atoms in total. The standard InChI is InChI=1S/C31H38ClN3O/c1-23-21-25(30-13-9-26(22-33-30)24-7-11-27(32)12-8-24)10-14-31(23)36-20-19-35-17-15-29(16-18-35)34(2)28-5-3-4-6-28/h7-14,21-22,28-29H,3-6,15-20H2,1-2H3. The quantitative estimate of drug-likeness (QED) is 0.328. The summed E-state index contributed by atoms with van der Waals surface area (Å²) in [4.78, 5) is 9.95. The zero-order valence-electron chi connectivity index (χ0n) is 21.6. The maximum atomic E-state index is 6.19. The predicted molar refractivity (Wildman–Crippen MR) is 150 cm³/mol. The van der Waals surface area contributed by atoms with Gasteiger partial charge in [0.05, 0.1) is 5.69 Å². The third kappa shape index (κ3) is 6.11. The van der Waals surface area contributed by atoms with Gasteiger partial charge in [-0.25, -0.2) is 0 Å². The van der Waals surface area contributed by atoms with Gasteiger partial charge in [-0.05, 0) is 100 Å². The van der Waals surface area contributed by atoms with Crippen molar-refractivity contribution < 1.29 is 4.74 Å². The number of piperidine rings is 1. The van der Waals surface area contributed by atoms with Gasteiger partial charge < -0.3 is 9.64 Å². The molecule has 1 aromatic heterocycles. The van der Waals surface area contributed by atoms with Crippen LogP contribution >= 0.6 is 11.6 Å². The molecule has 0 radical (unpaired) electrons. The number of halogens is 1. The summed E-state index contributed by atoms with van der Waals surface area (Å²) >= 11 is 6.01. The van der Waals surface area contributed by atoms with Gasteiger partial charge in [0.15, 0.2) is 0 Å². The molecule has 1 saturated heterocycles. The van der Waals surface area contributed by atoms with Gasteiger partial charge >= 0.3 is 0 Å². The SMILES string of the molecule is Cc1cc(-c2ccc(-c3ccc(Cl)cc3)cn2)ccc1OCCN1CCC(N(C)C2CCCC2)CC1. The van der Waals surface area contributed by atoms with Crippen molar-refractivity contribution in [1.82, 2.24) is 14.8 Å². The van der Waals surface area contributed by atoms with E-state index in [0.717, 1.165) is 64.0 Å². The highest BCUT2D eigenvalue weighted by Gasteiger charge is 2.28. The van der Waals surface area contributed by atoms with Crippen LogP contribution in [0, 0.1) is 6.92 Å². The van der Waals surface area contributed by atoms with Crippen molar-refractivity contribution in [3.8, 4) is 28.1 Å². The number of ether oxygens (including phenoxy) is 1. The molecule has 1 saturated carbocycles. The third-order valence-corrected chi connectivity index (χ3v) is 8.36. The van der Waals surface area contributed by atoms with Crippen LogP contribution < -0.4 is 4.74 Å². The fourth-order valence-electron chi connectivity index (χ4n) is 5.79. The minimum absolute atomic E-state index is 0.733. The fourth-order valence-corrected chi connectivity index (χ4v) is 5.92. The molecule has 0 spiro atoms.